The van der Waals surface area contributed by atoms with Gasteiger partial charge in [-0.1, -0.05) is 0 Å². The number of benzene rings is 1. The summed E-state index contributed by atoms with van der Waals surface area (Å²) in [5.41, 5.74) is 1.22. The fourth-order valence-electron chi connectivity index (χ4n) is 1.24. The summed E-state index contributed by atoms with van der Waals surface area (Å²) < 4.78 is 13.4. The number of nitrogens with one attached hydrogen (secondary N) is 1. The lowest BCUT2D eigenvalue weighted by molar-refractivity contribution is -0.115. The molecule has 1 aliphatic heterocycles. The number of hydrogen-bond acceptors (Lipinski definition) is 2. The third-order valence-corrected chi connectivity index (χ3v) is 3.01. The van der Waals surface area contributed by atoms with E-state index in [0.29, 0.717) is 15.7 Å². The van der Waals surface area contributed by atoms with Crippen LogP contribution in [0.15, 0.2) is 16.6 Å². The molecule has 1 aromatic rings. The molecule has 0 aliphatic carbocycles. The van der Waals surface area contributed by atoms with Gasteiger partial charge in [-0.05, 0) is 33.6 Å². The molecule has 1 atom stereocenters. The minimum atomic E-state index is -0.494. The second-order valence-electron chi connectivity index (χ2n) is 2.75. The smallest absolute Gasteiger partial charge is 0.241 e. The second kappa shape index (κ2) is 2.99. The lowest BCUT2D eigenvalue weighted by Gasteiger charge is -2.01. The van der Waals surface area contributed by atoms with Gasteiger partial charge in [-0.3, -0.25) is 4.79 Å². The van der Waals surface area contributed by atoms with Gasteiger partial charge >= 0.3 is 0 Å². The molecule has 68 valence electrons. The number of carbonyl (C=O) groups is 1. The number of rotatable bonds is 0. The molecule has 1 aliphatic rings. The highest BCUT2D eigenvalue weighted by Crippen LogP contribution is 2.37. The van der Waals surface area contributed by atoms with Gasteiger partial charge < -0.3 is 5.32 Å². The number of thiol groups is 1. The van der Waals surface area contributed by atoms with Gasteiger partial charge in [0.1, 0.15) is 11.1 Å². The van der Waals surface area contributed by atoms with Crippen molar-refractivity contribution in [2.75, 3.05) is 5.32 Å². The molecular formula is C8H5BrFNOS. The molecule has 1 heterocycles. The zero-order valence-corrected chi connectivity index (χ0v) is 8.82. The van der Waals surface area contributed by atoms with E-state index >= 15 is 0 Å². The Morgan fingerprint density at radius 3 is 2.92 bits per heavy atom. The van der Waals surface area contributed by atoms with Crippen molar-refractivity contribution in [1.82, 2.24) is 0 Å². The number of hydrogen-bond donors (Lipinski definition) is 2. The summed E-state index contributed by atoms with van der Waals surface area (Å²) in [7, 11) is 0. The zero-order valence-electron chi connectivity index (χ0n) is 6.34. The van der Waals surface area contributed by atoms with Crippen molar-refractivity contribution in [3.05, 3.63) is 28.0 Å². The van der Waals surface area contributed by atoms with E-state index in [2.05, 4.69) is 33.9 Å². The molecule has 0 spiro atoms. The average Bonchev–Trinajstić information content (AvgIpc) is 2.32. The van der Waals surface area contributed by atoms with Gasteiger partial charge in [-0.25, -0.2) is 4.39 Å². The van der Waals surface area contributed by atoms with Gasteiger partial charge in [-0.2, -0.15) is 12.6 Å². The average molecular weight is 262 g/mol. The van der Waals surface area contributed by atoms with Crippen LogP contribution >= 0.6 is 28.6 Å². The monoisotopic (exact) mass is 261 g/mol. The van der Waals surface area contributed by atoms with Gasteiger partial charge in [0, 0.05) is 5.69 Å². The van der Waals surface area contributed by atoms with Crippen molar-refractivity contribution < 1.29 is 9.18 Å². The van der Waals surface area contributed by atoms with Crippen LogP contribution in [0.2, 0.25) is 0 Å². The molecule has 1 unspecified atom stereocenters. The number of amides is 1. The van der Waals surface area contributed by atoms with Crippen LogP contribution in [-0.2, 0) is 4.79 Å². The molecule has 13 heavy (non-hydrogen) atoms. The van der Waals surface area contributed by atoms with Gasteiger partial charge in [0.25, 0.3) is 0 Å². The minimum Gasteiger partial charge on any atom is -0.324 e. The Bertz CT molecular complexity index is 396. The Morgan fingerprint density at radius 2 is 2.23 bits per heavy atom. The topological polar surface area (TPSA) is 29.1 Å². The van der Waals surface area contributed by atoms with Gasteiger partial charge in [-0.15, -0.1) is 0 Å². The molecule has 0 bridgehead atoms. The number of halogens is 2. The summed E-state index contributed by atoms with van der Waals surface area (Å²) in [6, 6.07) is 2.85. The summed E-state index contributed by atoms with van der Waals surface area (Å²) in [6.07, 6.45) is 0. The lowest BCUT2D eigenvalue weighted by atomic mass is 10.1. The van der Waals surface area contributed by atoms with E-state index in [9.17, 15) is 9.18 Å². The first-order chi connectivity index (χ1) is 6.09. The van der Waals surface area contributed by atoms with Crippen molar-refractivity contribution in [3.63, 3.8) is 0 Å². The first-order valence-corrected chi connectivity index (χ1v) is 4.88. The Labute approximate surface area is 88.1 Å². The normalized spacial score (nSPS) is 19.9. The van der Waals surface area contributed by atoms with Crippen LogP contribution in [-0.4, -0.2) is 5.91 Å². The van der Waals surface area contributed by atoms with Crippen LogP contribution in [0.25, 0.3) is 0 Å². The van der Waals surface area contributed by atoms with E-state index in [1.165, 1.54) is 6.07 Å². The fraction of sp³-hybridized carbons (Fsp3) is 0.125. The number of anilines is 1. The maximum absolute atomic E-state index is 13.0. The van der Waals surface area contributed by atoms with Crippen molar-refractivity contribution in [2.24, 2.45) is 0 Å². The molecule has 2 nitrogen and oxygen atoms in total. The molecule has 1 N–H and O–H groups in total. The van der Waals surface area contributed by atoms with E-state index < -0.39 is 5.25 Å². The van der Waals surface area contributed by atoms with Crippen molar-refractivity contribution in [3.8, 4) is 0 Å². The van der Waals surface area contributed by atoms with E-state index in [1.807, 2.05) is 0 Å². The van der Waals surface area contributed by atoms with Gasteiger partial charge in [0.2, 0.25) is 5.91 Å². The maximum atomic E-state index is 13.0. The van der Waals surface area contributed by atoms with Crippen LogP contribution in [0.1, 0.15) is 10.8 Å². The highest BCUT2D eigenvalue weighted by atomic mass is 79.9. The predicted molar refractivity (Wildman–Crippen MR) is 54.5 cm³/mol. The molecule has 5 heteroatoms. The zero-order chi connectivity index (χ0) is 9.59. The number of carbonyl (C=O) groups excluding carboxylic acids is 1. The molecule has 2 rings (SSSR count). The molecule has 0 saturated carbocycles. The van der Waals surface area contributed by atoms with Crippen LogP contribution in [0, 0.1) is 5.82 Å². The summed E-state index contributed by atoms with van der Waals surface area (Å²) in [5, 5.41) is 2.05. The largest absolute Gasteiger partial charge is 0.324 e. The second-order valence-corrected chi connectivity index (χ2v) is 4.12. The third-order valence-electron chi connectivity index (χ3n) is 1.89. The van der Waals surface area contributed by atoms with Crippen molar-refractivity contribution >= 4 is 40.2 Å². The predicted octanol–water partition coefficient (Wildman–Crippen LogP) is 2.51. The molecular weight excluding hydrogens is 257 g/mol. The fourth-order valence-corrected chi connectivity index (χ4v) is 1.88. The SMILES string of the molecule is O=C1Nc2cc(F)c(Br)cc2C1S. The molecule has 0 saturated heterocycles. The van der Waals surface area contributed by atoms with Crippen LogP contribution in [0.5, 0.6) is 0 Å². The third kappa shape index (κ3) is 1.36. The van der Waals surface area contributed by atoms with E-state index in [4.69, 9.17) is 0 Å². The Kier molecular flexibility index (Phi) is 2.08. The quantitative estimate of drug-likeness (QED) is 0.691. The molecule has 0 radical (unpaired) electrons. The first kappa shape index (κ1) is 9.02. The van der Waals surface area contributed by atoms with E-state index in [1.54, 1.807) is 6.07 Å². The summed E-state index contributed by atoms with van der Waals surface area (Å²) in [6.45, 7) is 0. The summed E-state index contributed by atoms with van der Waals surface area (Å²) >= 11 is 7.14. The minimum absolute atomic E-state index is 0.212. The standard InChI is InChI=1S/C8H5BrFNOS/c9-4-1-3-6(2-5(4)10)11-8(12)7(3)13/h1-2,7,13H,(H,11,12). The summed E-state index contributed by atoms with van der Waals surface area (Å²) in [5.74, 6) is -0.600. The number of fused-ring (bicyclic) bond motifs is 1. The van der Waals surface area contributed by atoms with Crippen LogP contribution in [0.3, 0.4) is 0 Å². The molecule has 1 amide bonds. The van der Waals surface area contributed by atoms with E-state index in [-0.39, 0.29) is 11.7 Å². The molecule has 1 aromatic carbocycles. The lowest BCUT2D eigenvalue weighted by Crippen LogP contribution is -2.06. The van der Waals surface area contributed by atoms with Gasteiger partial charge in [0.15, 0.2) is 0 Å². The highest BCUT2D eigenvalue weighted by molar-refractivity contribution is 9.10. The summed E-state index contributed by atoms with van der Waals surface area (Å²) in [4.78, 5) is 11.1. The van der Waals surface area contributed by atoms with Crippen LogP contribution in [0.4, 0.5) is 10.1 Å². The van der Waals surface area contributed by atoms with Gasteiger partial charge in [0.05, 0.1) is 4.47 Å². The van der Waals surface area contributed by atoms with Crippen LogP contribution < -0.4 is 5.32 Å². The Hall–Kier alpha value is -0.550. The maximum Gasteiger partial charge on any atom is 0.241 e. The van der Waals surface area contributed by atoms with E-state index in [0.717, 1.165) is 0 Å². The van der Waals surface area contributed by atoms with Crippen molar-refractivity contribution in [2.45, 2.75) is 5.25 Å². The molecule has 0 fully saturated rings. The Morgan fingerprint density at radius 1 is 1.54 bits per heavy atom. The first-order valence-electron chi connectivity index (χ1n) is 3.57. The highest BCUT2D eigenvalue weighted by Gasteiger charge is 2.28. The van der Waals surface area contributed by atoms with Crippen molar-refractivity contribution in [1.29, 1.82) is 0 Å². The molecule has 0 aromatic heterocycles. The Balaban J connectivity index is 2.59.